The number of nitrogens with zero attached hydrogens (tertiary/aromatic N) is 2. The van der Waals surface area contributed by atoms with Crippen molar-refractivity contribution in [3.8, 4) is 0 Å². The quantitative estimate of drug-likeness (QED) is 0.488. The van der Waals surface area contributed by atoms with Gasteiger partial charge in [0.15, 0.2) is 11.7 Å². The van der Waals surface area contributed by atoms with Crippen LogP contribution in [0.1, 0.15) is 68.9 Å². The zero-order valence-electron chi connectivity index (χ0n) is 18.1. The maximum atomic E-state index is 13.8. The second kappa shape index (κ2) is 8.19. The number of hydrogen-bond donors (Lipinski definition) is 3. The van der Waals surface area contributed by atoms with Crippen LogP contribution in [0, 0.1) is 5.92 Å². The highest BCUT2D eigenvalue weighted by molar-refractivity contribution is 7.17. The number of hydrogen-bond acceptors (Lipinski definition) is 6. The van der Waals surface area contributed by atoms with Gasteiger partial charge in [-0.1, -0.05) is 6.92 Å². The van der Waals surface area contributed by atoms with Crippen LogP contribution in [0.25, 0.3) is 0 Å². The molecule has 1 aliphatic carbocycles. The fourth-order valence-electron chi connectivity index (χ4n) is 4.63. The summed E-state index contributed by atoms with van der Waals surface area (Å²) in [6, 6.07) is 1.80. The van der Waals surface area contributed by atoms with E-state index in [1.807, 2.05) is 0 Å². The zero-order valence-corrected chi connectivity index (χ0v) is 18.9. The first-order valence-corrected chi connectivity index (χ1v) is 11.7. The van der Waals surface area contributed by atoms with Crippen molar-refractivity contribution in [2.75, 3.05) is 10.6 Å². The number of carbonyl (C=O) groups is 2. The van der Waals surface area contributed by atoms with Crippen LogP contribution in [0.3, 0.4) is 0 Å². The van der Waals surface area contributed by atoms with Gasteiger partial charge in [0.05, 0.1) is 17.9 Å². The summed E-state index contributed by atoms with van der Waals surface area (Å²) in [6.07, 6.45) is -1.15. The van der Waals surface area contributed by atoms with E-state index >= 15 is 0 Å². The Morgan fingerprint density at radius 2 is 2.18 bits per heavy atom. The van der Waals surface area contributed by atoms with Crippen LogP contribution < -0.4 is 16.4 Å². The smallest absolute Gasteiger partial charge is 0.410 e. The van der Waals surface area contributed by atoms with Crippen molar-refractivity contribution in [2.45, 2.75) is 50.9 Å². The molecule has 1 aliphatic heterocycles. The monoisotopic (exact) mass is 493 g/mol. The third kappa shape index (κ3) is 3.95. The maximum absolute atomic E-state index is 13.8. The van der Waals surface area contributed by atoms with Crippen LogP contribution in [-0.4, -0.2) is 27.8 Å². The lowest BCUT2D eigenvalue weighted by Gasteiger charge is -2.32. The predicted octanol–water partition coefficient (Wildman–Crippen LogP) is 4.67. The normalized spacial score (nSPS) is 21.9. The molecule has 3 atom stereocenters. The average molecular weight is 494 g/mol. The number of aromatic nitrogens is 2. The first-order chi connectivity index (χ1) is 16.1. The van der Waals surface area contributed by atoms with Gasteiger partial charge in [0.2, 0.25) is 0 Å². The summed E-state index contributed by atoms with van der Waals surface area (Å²) in [5, 5.41) is 9.89. The Labute approximate surface area is 196 Å². The number of nitrogens with two attached hydrogens (primary N) is 1. The maximum Gasteiger partial charge on any atom is 0.410 e. The molecule has 4 N–H and O–H groups in total. The molecule has 8 nitrogen and oxygen atoms in total. The number of alkyl halides is 3. The van der Waals surface area contributed by atoms with Crippen molar-refractivity contribution in [3.05, 3.63) is 51.9 Å². The highest BCUT2D eigenvalue weighted by atomic mass is 32.1. The van der Waals surface area contributed by atoms with Crippen molar-refractivity contribution in [3.63, 3.8) is 0 Å². The molecular weight excluding hydrogens is 471 g/mol. The number of rotatable bonds is 4. The van der Waals surface area contributed by atoms with Crippen LogP contribution in [0.5, 0.6) is 0 Å². The summed E-state index contributed by atoms with van der Waals surface area (Å²) in [6.45, 7) is 2.11. The van der Waals surface area contributed by atoms with Crippen LogP contribution in [-0.2, 0) is 12.8 Å². The summed E-state index contributed by atoms with van der Waals surface area (Å²) in [4.78, 5) is 26.1. The summed E-state index contributed by atoms with van der Waals surface area (Å²) >= 11 is 1.28. The topological polar surface area (TPSA) is 115 Å². The molecule has 0 spiro atoms. The van der Waals surface area contributed by atoms with Gasteiger partial charge < -0.3 is 20.8 Å². The number of furan rings is 1. The second-order valence-electron chi connectivity index (χ2n) is 8.74. The molecule has 3 aromatic heterocycles. The third-order valence-electron chi connectivity index (χ3n) is 6.29. The van der Waals surface area contributed by atoms with E-state index in [-0.39, 0.29) is 23.5 Å². The number of amides is 2. The Balaban J connectivity index is 1.45. The molecule has 0 aromatic carbocycles. The first-order valence-electron chi connectivity index (χ1n) is 10.8. The lowest BCUT2D eigenvalue weighted by molar-refractivity contribution is -0.174. The van der Waals surface area contributed by atoms with Crippen LogP contribution >= 0.6 is 11.3 Å². The van der Waals surface area contributed by atoms with Crippen molar-refractivity contribution >= 4 is 34.0 Å². The predicted molar refractivity (Wildman–Crippen MR) is 119 cm³/mol. The van der Waals surface area contributed by atoms with Crippen LogP contribution in [0.4, 0.5) is 24.0 Å². The molecule has 0 bridgehead atoms. The number of anilines is 2. The van der Waals surface area contributed by atoms with Gasteiger partial charge in [-0.25, -0.2) is 4.68 Å². The summed E-state index contributed by atoms with van der Waals surface area (Å²) in [5.74, 6) is -0.505. The SMILES string of the molecule is C[C@H]1CCc2c(sc(NC(=O)c3cc4n(n3)[C@@H](C(F)(F)F)C[C@@H](c3ccco3)N4)c2C(N)=O)C1. The van der Waals surface area contributed by atoms with Gasteiger partial charge in [0.1, 0.15) is 16.6 Å². The van der Waals surface area contributed by atoms with Crippen molar-refractivity contribution < 1.29 is 27.2 Å². The minimum absolute atomic E-state index is 0.0505. The van der Waals surface area contributed by atoms with E-state index in [4.69, 9.17) is 10.2 Å². The van der Waals surface area contributed by atoms with E-state index in [0.717, 1.165) is 28.0 Å². The molecule has 2 aliphatic rings. The molecule has 34 heavy (non-hydrogen) atoms. The molecule has 0 radical (unpaired) electrons. The van der Waals surface area contributed by atoms with Crippen LogP contribution in [0.15, 0.2) is 28.9 Å². The van der Waals surface area contributed by atoms with Crippen molar-refractivity contribution in [2.24, 2.45) is 11.7 Å². The summed E-state index contributed by atoms with van der Waals surface area (Å²) < 4.78 is 47.5. The highest BCUT2D eigenvalue weighted by Crippen LogP contribution is 2.44. The Kier molecular flexibility index (Phi) is 5.42. The summed E-state index contributed by atoms with van der Waals surface area (Å²) in [7, 11) is 0. The van der Waals surface area contributed by atoms with Gasteiger partial charge >= 0.3 is 6.18 Å². The van der Waals surface area contributed by atoms with Gasteiger partial charge in [0, 0.05) is 17.4 Å². The molecule has 12 heteroatoms. The minimum Gasteiger partial charge on any atom is -0.467 e. The Morgan fingerprint density at radius 3 is 2.85 bits per heavy atom. The Bertz CT molecular complexity index is 1250. The number of fused-ring (bicyclic) bond motifs is 2. The number of primary amides is 1. The zero-order chi connectivity index (χ0) is 24.2. The fourth-order valence-corrected chi connectivity index (χ4v) is 6.04. The molecule has 0 unspecified atom stereocenters. The molecule has 4 heterocycles. The largest absolute Gasteiger partial charge is 0.467 e. The van der Waals surface area contributed by atoms with E-state index in [1.165, 1.54) is 23.7 Å². The Morgan fingerprint density at radius 1 is 1.38 bits per heavy atom. The fraction of sp³-hybridized carbons (Fsp3) is 0.409. The molecule has 2 amide bonds. The molecule has 180 valence electrons. The lowest BCUT2D eigenvalue weighted by Crippen LogP contribution is -2.35. The molecule has 0 saturated heterocycles. The average Bonchev–Trinajstić information content (AvgIpc) is 3.49. The summed E-state index contributed by atoms with van der Waals surface area (Å²) in [5.41, 5.74) is 6.50. The standard InChI is InChI=1S/C22H22F3N5O3S/c1-10-4-5-11-15(7-10)34-21(18(11)19(26)31)28-20(32)13-9-17-27-12(14-3-2-6-33-14)8-16(22(23,24)25)30(17)29-13/h2-3,6,9-10,12,16,27H,4-5,7-8H2,1H3,(H2,26,31)(H,28,32)/t10-,12-,16+/m0/s1. The number of halogens is 3. The van der Waals surface area contributed by atoms with Gasteiger partial charge in [-0.3, -0.25) is 9.59 Å². The molecule has 0 fully saturated rings. The van der Waals surface area contributed by atoms with E-state index in [1.54, 1.807) is 12.1 Å². The van der Waals surface area contributed by atoms with E-state index in [9.17, 15) is 22.8 Å². The van der Waals surface area contributed by atoms with E-state index in [0.29, 0.717) is 23.1 Å². The van der Waals surface area contributed by atoms with Crippen molar-refractivity contribution in [1.82, 2.24) is 9.78 Å². The second-order valence-corrected chi connectivity index (χ2v) is 9.84. The van der Waals surface area contributed by atoms with Gasteiger partial charge in [-0.05, 0) is 42.9 Å². The number of carbonyl (C=O) groups excluding carboxylic acids is 2. The highest BCUT2D eigenvalue weighted by Gasteiger charge is 2.47. The van der Waals surface area contributed by atoms with Gasteiger partial charge in [0.25, 0.3) is 11.8 Å². The first kappa shape index (κ1) is 22.5. The lowest BCUT2D eigenvalue weighted by atomic mass is 9.88. The Hall–Kier alpha value is -3.28. The molecular formula is C22H22F3N5O3S. The number of thiophene rings is 1. The van der Waals surface area contributed by atoms with Gasteiger partial charge in [-0.2, -0.15) is 18.3 Å². The number of nitrogens with one attached hydrogen (secondary N) is 2. The van der Waals surface area contributed by atoms with E-state index in [2.05, 4.69) is 22.7 Å². The third-order valence-corrected chi connectivity index (χ3v) is 7.46. The van der Waals surface area contributed by atoms with Crippen molar-refractivity contribution in [1.29, 1.82) is 0 Å². The minimum atomic E-state index is -4.58. The molecule has 5 rings (SSSR count). The van der Waals surface area contributed by atoms with Crippen LogP contribution in [0.2, 0.25) is 0 Å². The molecule has 0 saturated carbocycles. The van der Waals surface area contributed by atoms with E-state index < -0.39 is 30.1 Å². The van der Waals surface area contributed by atoms with Gasteiger partial charge in [-0.15, -0.1) is 11.3 Å². The molecule has 3 aromatic rings.